The van der Waals surface area contributed by atoms with Crippen LogP contribution < -0.4 is 51.4 Å². The third-order valence-corrected chi connectivity index (χ3v) is 6.97. The van der Waals surface area contributed by atoms with Gasteiger partial charge in [-0.1, -0.05) is 19.1 Å². The first-order chi connectivity index (χ1) is 13.5. The SMILES string of the molecule is CC(CC(CC1(n2ccnc2)CC1)N1CCCC1=O)c1ccc(S(=O)[O-])cc1.[K+]. The molecule has 2 aliphatic rings. The first-order valence-corrected chi connectivity index (χ1v) is 11.0. The number of imidazole rings is 1. The van der Waals surface area contributed by atoms with Crippen molar-refractivity contribution >= 4 is 17.0 Å². The van der Waals surface area contributed by atoms with Gasteiger partial charge in [-0.2, -0.15) is 0 Å². The topological polar surface area (TPSA) is 78.3 Å². The summed E-state index contributed by atoms with van der Waals surface area (Å²) in [5.74, 6) is 0.502. The summed E-state index contributed by atoms with van der Waals surface area (Å²) in [6.07, 6.45) is 11.4. The Morgan fingerprint density at radius 3 is 2.52 bits per heavy atom. The summed E-state index contributed by atoms with van der Waals surface area (Å²) in [7, 11) is 0. The largest absolute Gasteiger partial charge is 1.00 e. The minimum atomic E-state index is -2.20. The third-order valence-electron chi connectivity index (χ3n) is 6.31. The van der Waals surface area contributed by atoms with Crippen molar-refractivity contribution in [3.05, 3.63) is 48.5 Å². The number of aromatic nitrogens is 2. The zero-order valence-corrected chi connectivity index (χ0v) is 21.1. The van der Waals surface area contributed by atoms with E-state index in [1.54, 1.807) is 12.1 Å². The Hall–Kier alpha value is -0.354. The molecule has 1 aliphatic carbocycles. The summed E-state index contributed by atoms with van der Waals surface area (Å²) in [5.41, 5.74) is 1.20. The number of carbonyl (C=O) groups excluding carboxylic acids is 1. The van der Waals surface area contributed by atoms with Gasteiger partial charge in [-0.05, 0) is 66.8 Å². The first-order valence-electron chi connectivity index (χ1n) is 9.96. The van der Waals surface area contributed by atoms with Crippen LogP contribution in [0, 0.1) is 0 Å². The molecule has 150 valence electrons. The van der Waals surface area contributed by atoms with Crippen molar-refractivity contribution in [3.63, 3.8) is 0 Å². The van der Waals surface area contributed by atoms with Gasteiger partial charge in [0.15, 0.2) is 0 Å². The third kappa shape index (κ3) is 5.29. The van der Waals surface area contributed by atoms with E-state index in [1.165, 1.54) is 0 Å². The second-order valence-corrected chi connectivity index (χ2v) is 9.12. The Kier molecular flexibility index (Phi) is 7.92. The molecule has 0 spiro atoms. The van der Waals surface area contributed by atoms with Gasteiger partial charge in [0.1, 0.15) is 0 Å². The standard InChI is InChI=1S/C21H27N3O3S.K/c1-16(17-4-6-19(7-5-17)28(26)27)13-18(24-11-2-3-20(24)25)14-21(8-9-21)23-12-10-22-15-23;/h4-7,10,12,15-16,18H,2-3,8-9,11,13-14H2,1H3,(H,26,27);/q;+1/p-1. The van der Waals surface area contributed by atoms with Crippen molar-refractivity contribution in [3.8, 4) is 0 Å². The Labute approximate surface area is 217 Å². The zero-order chi connectivity index (χ0) is 19.7. The molecular weight excluding hydrogens is 413 g/mol. The number of hydrogen-bond acceptors (Lipinski definition) is 4. The van der Waals surface area contributed by atoms with E-state index in [-0.39, 0.29) is 74.8 Å². The molecule has 1 aromatic carbocycles. The molecular formula is C21H26KN3O3S. The summed E-state index contributed by atoms with van der Waals surface area (Å²) in [4.78, 5) is 19.1. The number of nitrogens with zero attached hydrogens (tertiary/aromatic N) is 3. The quantitative estimate of drug-likeness (QED) is 0.435. The Bertz CT molecular complexity index is 853. The van der Waals surface area contributed by atoms with Crippen LogP contribution in [0.1, 0.15) is 56.9 Å². The van der Waals surface area contributed by atoms with E-state index in [2.05, 4.69) is 21.4 Å². The monoisotopic (exact) mass is 439 g/mol. The van der Waals surface area contributed by atoms with Gasteiger partial charge in [0, 0.05) is 41.8 Å². The summed E-state index contributed by atoms with van der Waals surface area (Å²) in [6.45, 7) is 3.00. The van der Waals surface area contributed by atoms with E-state index in [9.17, 15) is 13.6 Å². The van der Waals surface area contributed by atoms with Crippen molar-refractivity contribution < 1.29 is 64.9 Å². The molecule has 1 aromatic heterocycles. The number of carbonyl (C=O) groups is 1. The fourth-order valence-electron chi connectivity index (χ4n) is 4.52. The molecule has 1 aliphatic heterocycles. The number of likely N-dealkylation sites (tertiary alicyclic amines) is 1. The van der Waals surface area contributed by atoms with E-state index < -0.39 is 11.1 Å². The van der Waals surface area contributed by atoms with E-state index >= 15 is 0 Å². The predicted molar refractivity (Wildman–Crippen MR) is 105 cm³/mol. The Balaban J connectivity index is 0.00000240. The molecule has 0 N–H and O–H groups in total. The fourth-order valence-corrected chi connectivity index (χ4v) is 4.88. The molecule has 6 nitrogen and oxygen atoms in total. The normalized spacial score (nSPS) is 20.8. The van der Waals surface area contributed by atoms with Gasteiger partial charge in [-0.15, -0.1) is 0 Å². The summed E-state index contributed by atoms with van der Waals surface area (Å²) in [6, 6.07) is 7.27. The molecule has 8 heteroatoms. The minimum Gasteiger partial charge on any atom is -0.768 e. The smallest absolute Gasteiger partial charge is 0.768 e. The van der Waals surface area contributed by atoms with Crippen molar-refractivity contribution in [2.24, 2.45) is 0 Å². The van der Waals surface area contributed by atoms with Gasteiger partial charge in [-0.25, -0.2) is 4.98 Å². The average Bonchev–Trinajstić information content (AvgIpc) is 3.09. The molecule has 2 aromatic rings. The predicted octanol–water partition coefficient (Wildman–Crippen LogP) is 0.189. The molecule has 1 saturated carbocycles. The van der Waals surface area contributed by atoms with Gasteiger partial charge in [0.05, 0.1) is 6.33 Å². The number of amides is 1. The molecule has 29 heavy (non-hydrogen) atoms. The van der Waals surface area contributed by atoms with Crippen LogP contribution in [-0.4, -0.2) is 41.7 Å². The van der Waals surface area contributed by atoms with Gasteiger partial charge < -0.3 is 14.0 Å². The van der Waals surface area contributed by atoms with Crippen LogP contribution in [0.5, 0.6) is 0 Å². The molecule has 3 atom stereocenters. The maximum atomic E-state index is 12.5. The van der Waals surface area contributed by atoms with Crippen molar-refractivity contribution in [2.45, 2.75) is 67.8 Å². The van der Waals surface area contributed by atoms with Crippen LogP contribution in [-0.2, 0) is 21.4 Å². The van der Waals surface area contributed by atoms with Gasteiger partial charge in [0.25, 0.3) is 0 Å². The molecule has 2 fully saturated rings. The number of benzene rings is 1. The van der Waals surface area contributed by atoms with E-state index in [4.69, 9.17) is 0 Å². The molecule has 3 unspecified atom stereocenters. The number of rotatable bonds is 8. The van der Waals surface area contributed by atoms with E-state index in [1.807, 2.05) is 30.9 Å². The average molecular weight is 440 g/mol. The Morgan fingerprint density at radius 1 is 1.28 bits per heavy atom. The van der Waals surface area contributed by atoms with E-state index in [0.717, 1.165) is 44.2 Å². The molecule has 1 saturated heterocycles. The van der Waals surface area contributed by atoms with Crippen LogP contribution in [0.3, 0.4) is 0 Å². The fraction of sp³-hybridized carbons (Fsp3) is 0.524. The summed E-state index contributed by atoms with van der Waals surface area (Å²) >= 11 is -2.20. The van der Waals surface area contributed by atoms with Crippen molar-refractivity contribution in [1.82, 2.24) is 14.5 Å². The van der Waals surface area contributed by atoms with E-state index in [0.29, 0.717) is 11.3 Å². The molecule has 1 amide bonds. The van der Waals surface area contributed by atoms with Gasteiger partial charge in [0.2, 0.25) is 5.91 Å². The second-order valence-electron chi connectivity index (χ2n) is 8.18. The molecule has 4 rings (SSSR count). The van der Waals surface area contributed by atoms with Crippen molar-refractivity contribution in [1.29, 1.82) is 0 Å². The van der Waals surface area contributed by atoms with Crippen LogP contribution in [0.15, 0.2) is 47.9 Å². The van der Waals surface area contributed by atoms with Gasteiger partial charge in [-0.3, -0.25) is 9.00 Å². The maximum Gasteiger partial charge on any atom is 1.00 e. The summed E-state index contributed by atoms with van der Waals surface area (Å²) in [5, 5.41) is 0. The zero-order valence-electron chi connectivity index (χ0n) is 17.1. The second kappa shape index (κ2) is 9.85. The number of hydrogen-bond donors (Lipinski definition) is 0. The van der Waals surface area contributed by atoms with Crippen LogP contribution >= 0.6 is 0 Å². The molecule has 0 bridgehead atoms. The van der Waals surface area contributed by atoms with Crippen LogP contribution in [0.25, 0.3) is 0 Å². The molecule has 0 radical (unpaired) electrons. The van der Waals surface area contributed by atoms with Crippen LogP contribution in [0.4, 0.5) is 0 Å². The molecule has 2 heterocycles. The van der Waals surface area contributed by atoms with Crippen molar-refractivity contribution in [2.75, 3.05) is 6.54 Å². The maximum absolute atomic E-state index is 12.5. The minimum absolute atomic E-state index is 0. The summed E-state index contributed by atoms with van der Waals surface area (Å²) < 4.78 is 24.4. The van der Waals surface area contributed by atoms with Gasteiger partial charge >= 0.3 is 51.4 Å². The Morgan fingerprint density at radius 2 is 2.00 bits per heavy atom. The van der Waals surface area contributed by atoms with Crippen LogP contribution in [0.2, 0.25) is 0 Å². The first kappa shape index (κ1) is 23.3.